The van der Waals surface area contributed by atoms with Gasteiger partial charge in [0.05, 0.1) is 11.3 Å². The molecular weight excluding hydrogens is 380 g/mol. The van der Waals surface area contributed by atoms with Crippen LogP contribution >= 0.6 is 11.8 Å². The maximum absolute atomic E-state index is 12.8. The molecule has 1 saturated carbocycles. The van der Waals surface area contributed by atoms with Gasteiger partial charge in [0.1, 0.15) is 0 Å². The van der Waals surface area contributed by atoms with Crippen molar-refractivity contribution < 1.29 is 9.59 Å². The lowest BCUT2D eigenvalue weighted by molar-refractivity contribution is -0.129. The molecule has 0 aromatic heterocycles. The third-order valence-electron chi connectivity index (χ3n) is 5.29. The zero-order chi connectivity index (χ0) is 20.6. The monoisotopic (exact) mass is 406 g/mol. The van der Waals surface area contributed by atoms with Gasteiger partial charge < -0.3 is 10.2 Å². The predicted octanol–water partition coefficient (Wildman–Crippen LogP) is 4.80. The van der Waals surface area contributed by atoms with Crippen LogP contribution in [0.25, 0.3) is 0 Å². The van der Waals surface area contributed by atoms with Crippen LogP contribution < -0.4 is 5.32 Å². The van der Waals surface area contributed by atoms with E-state index in [1.54, 1.807) is 18.2 Å². The van der Waals surface area contributed by atoms with Gasteiger partial charge in [0.25, 0.3) is 5.91 Å². The van der Waals surface area contributed by atoms with E-state index in [0.717, 1.165) is 17.7 Å². The Labute approximate surface area is 177 Å². The number of terminal acetylenes is 1. The molecule has 150 valence electrons. The topological polar surface area (TPSA) is 49.4 Å². The fraction of sp³-hybridized carbons (Fsp3) is 0.333. The van der Waals surface area contributed by atoms with Gasteiger partial charge in [0.15, 0.2) is 0 Å². The minimum absolute atomic E-state index is 0.110. The van der Waals surface area contributed by atoms with Crippen molar-refractivity contribution in [2.45, 2.75) is 43.0 Å². The zero-order valence-corrected chi connectivity index (χ0v) is 17.5. The van der Waals surface area contributed by atoms with Gasteiger partial charge >= 0.3 is 0 Å². The predicted molar refractivity (Wildman–Crippen MR) is 119 cm³/mol. The van der Waals surface area contributed by atoms with Crippen LogP contribution in [0.2, 0.25) is 0 Å². The van der Waals surface area contributed by atoms with E-state index in [0.29, 0.717) is 28.6 Å². The number of hydrogen-bond donors (Lipinski definition) is 1. The lowest BCUT2D eigenvalue weighted by Gasteiger charge is -2.31. The molecule has 0 bridgehead atoms. The van der Waals surface area contributed by atoms with Crippen LogP contribution in [0.4, 0.5) is 5.69 Å². The second-order valence-electron chi connectivity index (χ2n) is 7.26. The molecule has 0 heterocycles. The third kappa shape index (κ3) is 5.65. The Hall–Kier alpha value is -2.71. The molecule has 2 amide bonds. The first-order valence-electron chi connectivity index (χ1n) is 9.94. The molecule has 5 heteroatoms. The van der Waals surface area contributed by atoms with Crippen molar-refractivity contribution in [3.63, 3.8) is 0 Å². The highest BCUT2D eigenvalue weighted by Crippen LogP contribution is 2.26. The number of nitrogens with one attached hydrogen (secondary N) is 1. The minimum Gasteiger partial charge on any atom is -0.342 e. The fourth-order valence-electron chi connectivity index (χ4n) is 3.58. The van der Waals surface area contributed by atoms with E-state index >= 15 is 0 Å². The summed E-state index contributed by atoms with van der Waals surface area (Å²) in [6.45, 7) is 0. The van der Waals surface area contributed by atoms with Gasteiger partial charge in [-0.05, 0) is 43.2 Å². The van der Waals surface area contributed by atoms with Gasteiger partial charge in [-0.2, -0.15) is 0 Å². The highest BCUT2D eigenvalue weighted by Gasteiger charge is 2.22. The number of amides is 2. The highest BCUT2D eigenvalue weighted by molar-refractivity contribution is 8.00. The molecule has 2 aromatic rings. The zero-order valence-electron chi connectivity index (χ0n) is 16.7. The number of carbonyl (C=O) groups excluding carboxylic acids is 2. The normalized spacial score (nSPS) is 14.1. The van der Waals surface area contributed by atoms with Crippen molar-refractivity contribution in [2.24, 2.45) is 0 Å². The van der Waals surface area contributed by atoms with Gasteiger partial charge in [-0.1, -0.05) is 43.4 Å². The Bertz CT molecular complexity index is 913. The van der Waals surface area contributed by atoms with Crippen LogP contribution in [-0.2, 0) is 4.79 Å². The summed E-state index contributed by atoms with van der Waals surface area (Å²) in [5.41, 5.74) is 1.91. The first kappa shape index (κ1) is 21.0. The number of anilines is 1. The van der Waals surface area contributed by atoms with Gasteiger partial charge in [-0.15, -0.1) is 18.2 Å². The SMILES string of the molecule is C#Cc1cccc(NC(=O)c2ccccc2SCC(=O)N(C)C2CCCCC2)c1. The van der Waals surface area contributed by atoms with E-state index in [1.165, 1.54) is 31.0 Å². The Kier molecular flexibility index (Phi) is 7.37. The van der Waals surface area contributed by atoms with E-state index in [9.17, 15) is 9.59 Å². The molecule has 0 spiro atoms. The molecule has 0 radical (unpaired) electrons. The van der Waals surface area contributed by atoms with Crippen LogP contribution in [0.15, 0.2) is 53.4 Å². The van der Waals surface area contributed by atoms with Crippen LogP contribution in [0.3, 0.4) is 0 Å². The number of hydrogen-bond acceptors (Lipinski definition) is 3. The molecule has 0 atom stereocenters. The molecule has 1 fully saturated rings. The number of benzene rings is 2. The number of thioether (sulfide) groups is 1. The smallest absolute Gasteiger partial charge is 0.256 e. The molecule has 29 heavy (non-hydrogen) atoms. The van der Waals surface area contributed by atoms with Crippen molar-refractivity contribution in [3.05, 3.63) is 59.7 Å². The maximum atomic E-state index is 12.8. The summed E-state index contributed by atoms with van der Waals surface area (Å²) in [4.78, 5) is 28.1. The summed E-state index contributed by atoms with van der Waals surface area (Å²) >= 11 is 1.41. The molecule has 0 saturated heterocycles. The average molecular weight is 407 g/mol. The van der Waals surface area contributed by atoms with Gasteiger partial charge in [-0.25, -0.2) is 0 Å². The Morgan fingerprint density at radius 2 is 1.90 bits per heavy atom. The summed E-state index contributed by atoms with van der Waals surface area (Å²) in [5.74, 6) is 2.79. The molecule has 1 aliphatic carbocycles. The van der Waals surface area contributed by atoms with Crippen molar-refractivity contribution in [1.82, 2.24) is 4.90 Å². The number of rotatable bonds is 6. The Morgan fingerprint density at radius 3 is 2.66 bits per heavy atom. The molecule has 1 N–H and O–H groups in total. The second kappa shape index (κ2) is 10.2. The number of carbonyl (C=O) groups is 2. The first-order valence-corrected chi connectivity index (χ1v) is 10.9. The van der Waals surface area contributed by atoms with E-state index < -0.39 is 0 Å². The minimum atomic E-state index is -0.213. The molecule has 4 nitrogen and oxygen atoms in total. The maximum Gasteiger partial charge on any atom is 0.256 e. The standard InChI is InChI=1S/C24H26N2O2S/c1-3-18-10-9-11-19(16-18)25-24(28)21-14-7-8-15-22(21)29-17-23(27)26(2)20-12-5-4-6-13-20/h1,7-11,14-16,20H,4-6,12-13,17H2,2H3,(H,25,28). The summed E-state index contributed by atoms with van der Waals surface area (Å²) in [7, 11) is 1.90. The summed E-state index contributed by atoms with van der Waals surface area (Å²) in [6.07, 6.45) is 11.3. The molecular formula is C24H26N2O2S. The lowest BCUT2D eigenvalue weighted by Crippen LogP contribution is -2.39. The molecule has 3 rings (SSSR count). The second-order valence-corrected chi connectivity index (χ2v) is 8.28. The van der Waals surface area contributed by atoms with Gasteiger partial charge in [0.2, 0.25) is 5.91 Å². The van der Waals surface area contributed by atoms with Crippen molar-refractivity contribution in [3.8, 4) is 12.3 Å². The van der Waals surface area contributed by atoms with E-state index in [1.807, 2.05) is 42.3 Å². The van der Waals surface area contributed by atoms with Gasteiger partial charge in [0, 0.05) is 29.2 Å². The van der Waals surface area contributed by atoms with Crippen molar-refractivity contribution in [2.75, 3.05) is 18.1 Å². The Morgan fingerprint density at radius 1 is 1.14 bits per heavy atom. The van der Waals surface area contributed by atoms with E-state index in [2.05, 4.69) is 11.2 Å². The quantitative estimate of drug-likeness (QED) is 0.554. The third-order valence-corrected chi connectivity index (χ3v) is 6.34. The van der Waals surface area contributed by atoms with Gasteiger partial charge in [-0.3, -0.25) is 9.59 Å². The van der Waals surface area contributed by atoms with Crippen molar-refractivity contribution >= 4 is 29.3 Å². The first-order chi connectivity index (χ1) is 14.1. The molecule has 2 aromatic carbocycles. The fourth-order valence-corrected chi connectivity index (χ4v) is 4.55. The summed E-state index contributed by atoms with van der Waals surface area (Å²) < 4.78 is 0. The largest absolute Gasteiger partial charge is 0.342 e. The summed E-state index contributed by atoms with van der Waals surface area (Å²) in [5, 5.41) is 2.89. The van der Waals surface area contributed by atoms with Crippen molar-refractivity contribution in [1.29, 1.82) is 0 Å². The average Bonchev–Trinajstić information content (AvgIpc) is 2.77. The van der Waals surface area contributed by atoms with Crippen LogP contribution in [0.1, 0.15) is 48.0 Å². The lowest BCUT2D eigenvalue weighted by atomic mass is 9.94. The Balaban J connectivity index is 1.64. The molecule has 0 unspecified atom stereocenters. The highest BCUT2D eigenvalue weighted by atomic mass is 32.2. The molecule has 0 aliphatic heterocycles. The summed E-state index contributed by atoms with van der Waals surface area (Å²) in [6, 6.07) is 14.9. The van der Waals surface area contributed by atoms with Crippen LogP contribution in [0.5, 0.6) is 0 Å². The van der Waals surface area contributed by atoms with Crippen LogP contribution in [-0.4, -0.2) is 35.6 Å². The van der Waals surface area contributed by atoms with Crippen LogP contribution in [0, 0.1) is 12.3 Å². The molecule has 1 aliphatic rings. The number of nitrogens with zero attached hydrogens (tertiary/aromatic N) is 1. The van der Waals surface area contributed by atoms with E-state index in [4.69, 9.17) is 6.42 Å². The van der Waals surface area contributed by atoms with E-state index in [-0.39, 0.29) is 11.8 Å².